The molecule has 0 aliphatic carbocycles. The summed E-state index contributed by atoms with van der Waals surface area (Å²) in [7, 11) is 0. The Kier molecular flexibility index (Phi) is 5.04. The first-order valence-electron chi connectivity index (χ1n) is 5.60. The van der Waals surface area contributed by atoms with Gasteiger partial charge in [-0.05, 0) is 6.42 Å². The molecule has 2 amide bonds. The van der Waals surface area contributed by atoms with Gasteiger partial charge in [-0.1, -0.05) is 6.92 Å². The fourth-order valence-electron chi connectivity index (χ4n) is 1.62. The molecular formula is C10H19N3O3. The topological polar surface area (TPSA) is 72.9 Å². The molecule has 0 aromatic heterocycles. The lowest BCUT2D eigenvalue weighted by molar-refractivity contribution is -0.122. The fraction of sp³-hybridized carbons (Fsp3) is 0.800. The molecule has 0 aromatic rings. The summed E-state index contributed by atoms with van der Waals surface area (Å²) < 4.78 is 0. The first-order chi connectivity index (χ1) is 7.63. The van der Waals surface area contributed by atoms with Crippen LogP contribution < -0.4 is 5.32 Å². The average molecular weight is 229 g/mol. The van der Waals surface area contributed by atoms with E-state index >= 15 is 0 Å². The summed E-state index contributed by atoms with van der Waals surface area (Å²) in [6, 6.07) is 0. The Morgan fingerprint density at radius 3 is 2.38 bits per heavy atom. The number of amides is 2. The van der Waals surface area contributed by atoms with Gasteiger partial charge < -0.3 is 15.3 Å². The molecule has 0 aromatic carbocycles. The third-order valence-corrected chi connectivity index (χ3v) is 2.58. The monoisotopic (exact) mass is 229 g/mol. The maximum atomic E-state index is 11.4. The highest BCUT2D eigenvalue weighted by molar-refractivity contribution is 5.78. The number of carbonyl (C=O) groups excluding carboxylic acids is 1. The van der Waals surface area contributed by atoms with Crippen LogP contribution in [0.2, 0.25) is 0 Å². The van der Waals surface area contributed by atoms with Crippen LogP contribution in [-0.2, 0) is 4.79 Å². The Balaban J connectivity index is 2.21. The number of carboxylic acid groups (broad SMARTS) is 1. The lowest BCUT2D eigenvalue weighted by atomic mass is 10.3. The van der Waals surface area contributed by atoms with Crippen LogP contribution >= 0.6 is 0 Å². The molecule has 92 valence electrons. The smallest absolute Gasteiger partial charge is 0.407 e. The molecule has 1 fully saturated rings. The van der Waals surface area contributed by atoms with Gasteiger partial charge in [-0.2, -0.15) is 0 Å². The van der Waals surface area contributed by atoms with Gasteiger partial charge in [0.2, 0.25) is 5.91 Å². The van der Waals surface area contributed by atoms with E-state index in [9.17, 15) is 9.59 Å². The van der Waals surface area contributed by atoms with Crippen molar-refractivity contribution in [2.45, 2.75) is 13.3 Å². The Hall–Kier alpha value is -1.30. The molecule has 0 bridgehead atoms. The summed E-state index contributed by atoms with van der Waals surface area (Å²) in [6.07, 6.45) is 0.0495. The molecule has 6 heteroatoms. The summed E-state index contributed by atoms with van der Waals surface area (Å²) >= 11 is 0. The number of hydrogen-bond donors (Lipinski definition) is 2. The van der Waals surface area contributed by atoms with E-state index in [0.29, 0.717) is 39.3 Å². The highest BCUT2D eigenvalue weighted by Crippen LogP contribution is 2.01. The van der Waals surface area contributed by atoms with Crippen LogP contribution in [-0.4, -0.2) is 66.2 Å². The van der Waals surface area contributed by atoms with Crippen LogP contribution in [0, 0.1) is 0 Å². The molecule has 6 nitrogen and oxygen atoms in total. The molecule has 0 saturated carbocycles. The van der Waals surface area contributed by atoms with Crippen molar-refractivity contribution in [1.82, 2.24) is 15.1 Å². The molecule has 0 spiro atoms. The normalized spacial score (nSPS) is 17.2. The Bertz CT molecular complexity index is 250. The predicted molar refractivity (Wildman–Crippen MR) is 59.3 cm³/mol. The molecular weight excluding hydrogens is 210 g/mol. The van der Waals surface area contributed by atoms with Crippen LogP contribution in [0.15, 0.2) is 0 Å². The second kappa shape index (κ2) is 6.32. The molecule has 1 heterocycles. The lowest BCUT2D eigenvalue weighted by Crippen LogP contribution is -2.50. The van der Waals surface area contributed by atoms with Crippen molar-refractivity contribution >= 4 is 12.0 Å². The summed E-state index contributed by atoms with van der Waals surface area (Å²) in [6.45, 7) is 5.30. The van der Waals surface area contributed by atoms with Gasteiger partial charge in [0.05, 0.1) is 6.54 Å². The van der Waals surface area contributed by atoms with Crippen molar-refractivity contribution in [2.75, 3.05) is 39.3 Å². The van der Waals surface area contributed by atoms with Crippen molar-refractivity contribution in [3.63, 3.8) is 0 Å². The van der Waals surface area contributed by atoms with E-state index in [0.717, 1.165) is 6.42 Å². The number of hydrogen-bond acceptors (Lipinski definition) is 3. The number of piperazine rings is 1. The third-order valence-electron chi connectivity index (χ3n) is 2.58. The van der Waals surface area contributed by atoms with Gasteiger partial charge in [0.15, 0.2) is 0 Å². The minimum Gasteiger partial charge on any atom is -0.465 e. The summed E-state index contributed by atoms with van der Waals surface area (Å²) in [5.41, 5.74) is 0. The second-order valence-electron chi connectivity index (χ2n) is 3.90. The number of carbonyl (C=O) groups is 2. The molecule has 1 aliphatic heterocycles. The molecule has 0 radical (unpaired) electrons. The summed E-state index contributed by atoms with van der Waals surface area (Å²) in [5.74, 6) is 0.0191. The highest BCUT2D eigenvalue weighted by atomic mass is 16.4. The molecule has 16 heavy (non-hydrogen) atoms. The number of nitrogens with one attached hydrogen (secondary N) is 1. The zero-order valence-electron chi connectivity index (χ0n) is 9.61. The summed E-state index contributed by atoms with van der Waals surface area (Å²) in [5, 5.41) is 11.6. The standard InChI is InChI=1S/C10H19N3O3/c1-2-3-11-9(14)8-12-4-6-13(7-5-12)10(15)16/h2-8H2,1H3,(H,11,14)(H,15,16). The molecule has 1 rings (SSSR count). The Labute approximate surface area is 95.2 Å². The van der Waals surface area contributed by atoms with Crippen LogP contribution in [0.4, 0.5) is 4.79 Å². The SMILES string of the molecule is CCCNC(=O)CN1CCN(C(=O)O)CC1. The van der Waals surface area contributed by atoms with E-state index in [4.69, 9.17) is 5.11 Å². The van der Waals surface area contributed by atoms with Gasteiger partial charge in [0.1, 0.15) is 0 Å². The van der Waals surface area contributed by atoms with E-state index in [-0.39, 0.29) is 5.91 Å². The van der Waals surface area contributed by atoms with Crippen LogP contribution in [0.3, 0.4) is 0 Å². The van der Waals surface area contributed by atoms with Crippen molar-refractivity contribution < 1.29 is 14.7 Å². The molecule has 0 atom stereocenters. The first-order valence-corrected chi connectivity index (χ1v) is 5.60. The van der Waals surface area contributed by atoms with Crippen molar-refractivity contribution in [3.8, 4) is 0 Å². The van der Waals surface area contributed by atoms with Gasteiger partial charge in [0, 0.05) is 32.7 Å². The fourth-order valence-corrected chi connectivity index (χ4v) is 1.62. The molecule has 1 saturated heterocycles. The Morgan fingerprint density at radius 2 is 1.88 bits per heavy atom. The largest absolute Gasteiger partial charge is 0.465 e. The third kappa shape index (κ3) is 4.06. The predicted octanol–water partition coefficient (Wildman–Crippen LogP) is -0.192. The van der Waals surface area contributed by atoms with Gasteiger partial charge in [0.25, 0.3) is 0 Å². The highest BCUT2D eigenvalue weighted by Gasteiger charge is 2.21. The van der Waals surface area contributed by atoms with Gasteiger partial charge >= 0.3 is 6.09 Å². The average Bonchev–Trinajstić information content (AvgIpc) is 2.27. The summed E-state index contributed by atoms with van der Waals surface area (Å²) in [4.78, 5) is 25.4. The quantitative estimate of drug-likeness (QED) is 0.700. The Morgan fingerprint density at radius 1 is 1.25 bits per heavy atom. The van der Waals surface area contributed by atoms with Crippen molar-refractivity contribution in [3.05, 3.63) is 0 Å². The van der Waals surface area contributed by atoms with Crippen LogP contribution in [0.5, 0.6) is 0 Å². The van der Waals surface area contributed by atoms with E-state index < -0.39 is 6.09 Å². The maximum Gasteiger partial charge on any atom is 0.407 e. The molecule has 0 unspecified atom stereocenters. The van der Waals surface area contributed by atoms with Crippen molar-refractivity contribution in [2.24, 2.45) is 0 Å². The first kappa shape index (κ1) is 12.8. The number of nitrogens with zero attached hydrogens (tertiary/aromatic N) is 2. The zero-order chi connectivity index (χ0) is 12.0. The van der Waals surface area contributed by atoms with E-state index in [2.05, 4.69) is 5.32 Å². The van der Waals surface area contributed by atoms with Gasteiger partial charge in [-0.3, -0.25) is 9.69 Å². The second-order valence-corrected chi connectivity index (χ2v) is 3.90. The van der Waals surface area contributed by atoms with Crippen LogP contribution in [0.25, 0.3) is 0 Å². The molecule has 1 aliphatic rings. The van der Waals surface area contributed by atoms with Crippen LogP contribution in [0.1, 0.15) is 13.3 Å². The van der Waals surface area contributed by atoms with E-state index in [1.165, 1.54) is 4.90 Å². The van der Waals surface area contributed by atoms with E-state index in [1.807, 2.05) is 11.8 Å². The maximum absolute atomic E-state index is 11.4. The lowest BCUT2D eigenvalue weighted by Gasteiger charge is -2.32. The minimum atomic E-state index is -0.880. The van der Waals surface area contributed by atoms with Crippen molar-refractivity contribution in [1.29, 1.82) is 0 Å². The zero-order valence-corrected chi connectivity index (χ0v) is 9.61. The molecule has 2 N–H and O–H groups in total. The van der Waals surface area contributed by atoms with Gasteiger partial charge in [-0.25, -0.2) is 4.79 Å². The van der Waals surface area contributed by atoms with E-state index in [1.54, 1.807) is 0 Å². The minimum absolute atomic E-state index is 0.0191. The van der Waals surface area contributed by atoms with Gasteiger partial charge in [-0.15, -0.1) is 0 Å². The number of rotatable bonds is 4.